The molecule has 6 aliphatic rings. The molecule has 4 heterocycles. The minimum atomic E-state index is -1.72. The number of carbonyl (C=O) groups is 2. The Hall–Kier alpha value is -2.72. The van der Waals surface area contributed by atoms with Crippen molar-refractivity contribution in [3.8, 4) is 0 Å². The number of ketones is 1. The zero-order chi connectivity index (χ0) is 30.2. The van der Waals surface area contributed by atoms with Crippen LogP contribution in [0.5, 0.6) is 0 Å². The molecule has 1 aromatic heterocycles. The molecule has 43 heavy (non-hydrogen) atoms. The predicted molar refractivity (Wildman–Crippen MR) is 157 cm³/mol. The lowest BCUT2D eigenvalue weighted by atomic mass is 9.41. The Morgan fingerprint density at radius 3 is 2.77 bits per heavy atom. The fourth-order valence-corrected chi connectivity index (χ4v) is 10.2. The van der Waals surface area contributed by atoms with Gasteiger partial charge in [0.05, 0.1) is 12.6 Å². The number of aromatic nitrogens is 1. The molecular weight excluding hydrogens is 548 g/mol. The summed E-state index contributed by atoms with van der Waals surface area (Å²) >= 11 is 0. The second-order valence-electron chi connectivity index (χ2n) is 14.7. The van der Waals surface area contributed by atoms with E-state index in [9.17, 15) is 14.7 Å². The van der Waals surface area contributed by atoms with Gasteiger partial charge in [-0.15, -0.1) is 0 Å². The number of hydrogen-bond donors (Lipinski definition) is 2. The van der Waals surface area contributed by atoms with Gasteiger partial charge in [0.2, 0.25) is 0 Å². The molecule has 3 aliphatic carbocycles. The van der Waals surface area contributed by atoms with E-state index in [1.807, 2.05) is 19.9 Å². The number of nitrogens with one attached hydrogen (secondary N) is 1. The highest BCUT2D eigenvalue weighted by Gasteiger charge is 2.78. The van der Waals surface area contributed by atoms with Gasteiger partial charge in [0.1, 0.15) is 17.3 Å². The highest BCUT2D eigenvalue weighted by atomic mass is 16.8. The number of likely N-dealkylation sites (tertiary alicyclic amines) is 1. The van der Waals surface area contributed by atoms with E-state index in [-0.39, 0.29) is 17.7 Å². The molecule has 2 saturated carbocycles. The first-order valence-electron chi connectivity index (χ1n) is 15.8. The van der Waals surface area contributed by atoms with Crippen molar-refractivity contribution >= 4 is 22.8 Å². The zero-order valence-electron chi connectivity index (χ0n) is 25.7. The number of nitrogens with zero attached hydrogens (tertiary/aromatic N) is 1. The summed E-state index contributed by atoms with van der Waals surface area (Å²) in [6.45, 7) is 9.13. The van der Waals surface area contributed by atoms with Crippen LogP contribution in [-0.4, -0.2) is 82.4 Å². The number of methoxy groups -OCH3 is 1. The summed E-state index contributed by atoms with van der Waals surface area (Å²) in [6.07, 6.45) is 3.51. The zero-order valence-corrected chi connectivity index (χ0v) is 25.7. The van der Waals surface area contributed by atoms with E-state index < -0.39 is 46.1 Å². The van der Waals surface area contributed by atoms with Crippen LogP contribution in [0.25, 0.3) is 10.9 Å². The van der Waals surface area contributed by atoms with Crippen LogP contribution in [0, 0.1) is 11.3 Å². The molecular formula is C34H42N2O7. The Morgan fingerprint density at radius 2 is 1.98 bits per heavy atom. The van der Waals surface area contributed by atoms with E-state index in [0.717, 1.165) is 30.5 Å². The molecule has 2 N–H and O–H groups in total. The number of rotatable bonds is 3. The van der Waals surface area contributed by atoms with E-state index in [1.54, 1.807) is 18.1 Å². The Balaban J connectivity index is 1.28. The van der Waals surface area contributed by atoms with Crippen molar-refractivity contribution in [1.29, 1.82) is 0 Å². The van der Waals surface area contributed by atoms with Crippen LogP contribution in [0.15, 0.2) is 35.9 Å². The molecule has 9 nitrogen and oxygen atoms in total. The maximum Gasteiger partial charge on any atom is 0.410 e. The van der Waals surface area contributed by atoms with Crippen molar-refractivity contribution in [3.63, 3.8) is 0 Å². The quantitative estimate of drug-likeness (QED) is 0.540. The molecule has 8 rings (SSSR count). The highest BCUT2D eigenvalue weighted by molar-refractivity contribution is 5.97. The van der Waals surface area contributed by atoms with Crippen LogP contribution in [0.2, 0.25) is 0 Å². The van der Waals surface area contributed by atoms with Gasteiger partial charge in [-0.3, -0.25) is 4.79 Å². The van der Waals surface area contributed by atoms with Crippen LogP contribution < -0.4 is 0 Å². The average Bonchev–Trinajstić information content (AvgIpc) is 3.70. The number of carbonyl (C=O) groups excluding carboxylic acids is 2. The summed E-state index contributed by atoms with van der Waals surface area (Å²) in [5.74, 6) is -1.36. The van der Waals surface area contributed by atoms with E-state index in [0.29, 0.717) is 38.0 Å². The lowest BCUT2D eigenvalue weighted by molar-refractivity contribution is -0.274. The fourth-order valence-electron chi connectivity index (χ4n) is 10.2. The van der Waals surface area contributed by atoms with E-state index in [2.05, 4.69) is 37.0 Å². The number of amides is 1. The molecule has 1 spiro atoms. The van der Waals surface area contributed by atoms with Gasteiger partial charge in [-0.2, -0.15) is 0 Å². The largest absolute Gasteiger partial charge is 0.443 e. The molecule has 1 aromatic carbocycles. The standard InChI is InChI=1S/C34H42N2O7/c1-30(2)28-24(37)17-25-33(42-28,43-30)13-12-31(3)32(4)19(15-22-21-10-6-7-11-23(21)35-27(22)32)16-26(34(25,31)39)41-29(38)36-14-8-9-20(36)18-40-5/h6-7,10-11,17,19-20,26,28,35,39H,8-9,12-16,18H2,1-5H3/t19-,20+,26+,28+,31-,32-,33?,34+/m1/s1. The first kappa shape index (κ1) is 27.8. The van der Waals surface area contributed by atoms with Crippen LogP contribution >= 0.6 is 0 Å². The number of aliphatic hydroxyl groups is 1. The summed E-state index contributed by atoms with van der Waals surface area (Å²) in [7, 11) is 1.64. The maximum atomic E-state index is 13.9. The normalized spacial score (nSPS) is 42.3. The number of aromatic amines is 1. The number of benzene rings is 1. The molecule has 8 atom stereocenters. The number of fused-ring (bicyclic) bond motifs is 9. The van der Waals surface area contributed by atoms with E-state index in [1.165, 1.54) is 10.9 Å². The smallest absolute Gasteiger partial charge is 0.410 e. The van der Waals surface area contributed by atoms with Crippen molar-refractivity contribution in [2.24, 2.45) is 11.3 Å². The van der Waals surface area contributed by atoms with Gasteiger partial charge in [-0.05, 0) is 69.6 Å². The monoisotopic (exact) mass is 590 g/mol. The second kappa shape index (κ2) is 8.71. The van der Waals surface area contributed by atoms with Crippen LogP contribution in [-0.2, 0) is 35.6 Å². The average molecular weight is 591 g/mol. The number of hydrogen-bond acceptors (Lipinski definition) is 7. The molecule has 1 amide bonds. The molecule has 4 fully saturated rings. The van der Waals surface area contributed by atoms with Gasteiger partial charge in [-0.1, -0.05) is 32.0 Å². The summed E-state index contributed by atoms with van der Waals surface area (Å²) < 4.78 is 24.9. The van der Waals surface area contributed by atoms with Gasteiger partial charge >= 0.3 is 6.09 Å². The third kappa shape index (κ3) is 3.27. The minimum absolute atomic E-state index is 0.0683. The summed E-state index contributed by atoms with van der Waals surface area (Å²) in [6, 6.07) is 8.28. The first-order valence-corrected chi connectivity index (χ1v) is 15.8. The summed E-state index contributed by atoms with van der Waals surface area (Å²) in [4.78, 5) is 33.0. The van der Waals surface area contributed by atoms with Crippen molar-refractivity contribution in [1.82, 2.24) is 9.88 Å². The van der Waals surface area contributed by atoms with Gasteiger partial charge in [0.15, 0.2) is 17.7 Å². The molecule has 1 unspecified atom stereocenters. The molecule has 3 aliphatic heterocycles. The van der Waals surface area contributed by atoms with Crippen LogP contribution in [0.3, 0.4) is 0 Å². The SMILES string of the molecule is COC[C@@H]1CCCN1C(=O)O[C@H]1C[C@H]2Cc3c([nH]c4ccccc34)[C@]2(C)[C@@]2(C)CCC34O[C@@H](C(=O)C=C3[C@]12O)C(C)(C)O4. The Kier molecular flexibility index (Phi) is 5.63. The highest BCUT2D eigenvalue weighted by Crippen LogP contribution is 2.72. The van der Waals surface area contributed by atoms with E-state index >= 15 is 0 Å². The summed E-state index contributed by atoms with van der Waals surface area (Å²) in [5.41, 5.74) is -0.00999. The van der Waals surface area contributed by atoms with Crippen LogP contribution in [0.1, 0.15) is 71.1 Å². The summed E-state index contributed by atoms with van der Waals surface area (Å²) in [5, 5.41) is 14.7. The number of H-pyrrole nitrogens is 1. The maximum absolute atomic E-state index is 13.9. The van der Waals surface area contributed by atoms with Gasteiger partial charge in [-0.25, -0.2) is 4.79 Å². The molecule has 9 heteroatoms. The van der Waals surface area contributed by atoms with Gasteiger partial charge in [0.25, 0.3) is 0 Å². The lowest BCUT2D eigenvalue weighted by Gasteiger charge is -2.67. The predicted octanol–water partition coefficient (Wildman–Crippen LogP) is 4.55. The first-order chi connectivity index (χ1) is 20.4. The van der Waals surface area contributed by atoms with Crippen LogP contribution in [0.4, 0.5) is 4.79 Å². The number of ether oxygens (including phenoxy) is 4. The second-order valence-corrected chi connectivity index (χ2v) is 14.7. The van der Waals surface area contributed by atoms with E-state index in [4.69, 9.17) is 18.9 Å². The Bertz CT molecular complexity index is 1580. The Labute approximate surface area is 251 Å². The van der Waals surface area contributed by atoms with Crippen molar-refractivity contribution < 1.29 is 33.6 Å². The Morgan fingerprint density at radius 1 is 1.19 bits per heavy atom. The molecule has 2 bridgehead atoms. The van der Waals surface area contributed by atoms with Crippen molar-refractivity contribution in [2.45, 2.75) is 107 Å². The number of para-hydroxylation sites is 1. The molecule has 0 radical (unpaired) electrons. The minimum Gasteiger partial charge on any atom is -0.443 e. The van der Waals surface area contributed by atoms with Gasteiger partial charge < -0.3 is 33.9 Å². The van der Waals surface area contributed by atoms with Crippen molar-refractivity contribution in [3.05, 3.63) is 47.2 Å². The molecule has 230 valence electrons. The topological polar surface area (TPSA) is 110 Å². The van der Waals surface area contributed by atoms with Crippen molar-refractivity contribution in [2.75, 3.05) is 20.3 Å². The third-order valence-corrected chi connectivity index (χ3v) is 12.5. The lowest BCUT2D eigenvalue weighted by Crippen LogP contribution is -2.75. The molecule has 2 aromatic rings. The van der Waals surface area contributed by atoms with Gasteiger partial charge in [0, 0.05) is 53.1 Å². The molecule has 2 saturated heterocycles. The fraction of sp³-hybridized carbons (Fsp3) is 0.647. The third-order valence-electron chi connectivity index (χ3n) is 12.5.